The molecule has 1 atom stereocenters. The normalized spacial score (nSPS) is 15.6. The van der Waals surface area contributed by atoms with E-state index in [1.165, 1.54) is 5.56 Å². The number of nitrogens with one attached hydrogen (secondary N) is 1. The van der Waals surface area contributed by atoms with Gasteiger partial charge < -0.3 is 19.5 Å². The van der Waals surface area contributed by atoms with Crippen molar-refractivity contribution < 1.29 is 19.0 Å². The molecule has 1 saturated heterocycles. The van der Waals surface area contributed by atoms with Crippen LogP contribution in [-0.2, 0) is 22.6 Å². The Bertz CT molecular complexity index is 775. The summed E-state index contributed by atoms with van der Waals surface area (Å²) in [5.41, 5.74) is 2.32. The van der Waals surface area contributed by atoms with Crippen LogP contribution in [0.4, 0.5) is 0 Å². The van der Waals surface area contributed by atoms with E-state index in [9.17, 15) is 4.79 Å². The molecule has 2 aromatic rings. The van der Waals surface area contributed by atoms with Crippen molar-refractivity contribution in [2.24, 2.45) is 0 Å². The number of carbonyl (C=O) groups is 1. The van der Waals surface area contributed by atoms with Crippen molar-refractivity contribution in [3.63, 3.8) is 0 Å². The number of carbonyl (C=O) groups excluding carboxylic acids is 1. The molecule has 28 heavy (non-hydrogen) atoms. The van der Waals surface area contributed by atoms with Gasteiger partial charge in [0.05, 0.1) is 20.3 Å². The smallest absolute Gasteiger partial charge is 0.261 e. The molecule has 1 aliphatic heterocycles. The lowest BCUT2D eigenvalue weighted by Crippen LogP contribution is -2.36. The van der Waals surface area contributed by atoms with Crippen molar-refractivity contribution in [3.05, 3.63) is 59.7 Å². The van der Waals surface area contributed by atoms with E-state index in [0.717, 1.165) is 38.4 Å². The standard InChI is InChI=1S/C22H28N2O4/c1-17(28-21-8-4-7-20(14-21)26-2)22(25)23-15-18-5-3-6-19(13-18)16-24-9-11-27-12-10-24/h3-8,13-14,17H,9-12,15-16H2,1-2H3,(H,23,25)/t17-/m1/s1. The number of hydrogen-bond acceptors (Lipinski definition) is 5. The molecular formula is C22H28N2O4. The number of rotatable bonds is 8. The van der Waals surface area contributed by atoms with Crippen LogP contribution in [0.5, 0.6) is 11.5 Å². The van der Waals surface area contributed by atoms with Crippen molar-refractivity contribution in [3.8, 4) is 11.5 Å². The van der Waals surface area contributed by atoms with Crippen molar-refractivity contribution >= 4 is 5.91 Å². The lowest BCUT2D eigenvalue weighted by molar-refractivity contribution is -0.127. The zero-order valence-electron chi connectivity index (χ0n) is 16.5. The summed E-state index contributed by atoms with van der Waals surface area (Å²) >= 11 is 0. The molecule has 0 unspecified atom stereocenters. The van der Waals surface area contributed by atoms with Crippen LogP contribution in [0.1, 0.15) is 18.1 Å². The van der Waals surface area contributed by atoms with Crippen LogP contribution in [-0.4, -0.2) is 50.3 Å². The van der Waals surface area contributed by atoms with Gasteiger partial charge >= 0.3 is 0 Å². The van der Waals surface area contributed by atoms with Gasteiger partial charge in [0.1, 0.15) is 11.5 Å². The van der Waals surface area contributed by atoms with Crippen LogP contribution in [0.15, 0.2) is 48.5 Å². The quantitative estimate of drug-likeness (QED) is 0.758. The first-order valence-corrected chi connectivity index (χ1v) is 9.60. The molecule has 0 spiro atoms. The second-order valence-corrected chi connectivity index (χ2v) is 6.87. The molecule has 1 N–H and O–H groups in total. The Balaban J connectivity index is 1.50. The number of benzene rings is 2. The van der Waals surface area contributed by atoms with E-state index in [1.54, 1.807) is 26.2 Å². The Morgan fingerprint density at radius 1 is 1.11 bits per heavy atom. The lowest BCUT2D eigenvalue weighted by atomic mass is 10.1. The molecule has 2 aromatic carbocycles. The Morgan fingerprint density at radius 2 is 1.82 bits per heavy atom. The number of amides is 1. The minimum atomic E-state index is -0.594. The molecule has 0 bridgehead atoms. The Morgan fingerprint density at radius 3 is 2.61 bits per heavy atom. The first-order chi connectivity index (χ1) is 13.6. The average Bonchev–Trinajstić information content (AvgIpc) is 2.73. The van der Waals surface area contributed by atoms with Gasteiger partial charge in [-0.3, -0.25) is 9.69 Å². The average molecular weight is 384 g/mol. The highest BCUT2D eigenvalue weighted by molar-refractivity contribution is 5.80. The number of hydrogen-bond donors (Lipinski definition) is 1. The highest BCUT2D eigenvalue weighted by Gasteiger charge is 2.15. The molecular weight excluding hydrogens is 356 g/mol. The summed E-state index contributed by atoms with van der Waals surface area (Å²) in [5.74, 6) is 1.15. The molecule has 0 aliphatic carbocycles. The van der Waals surface area contributed by atoms with E-state index >= 15 is 0 Å². The maximum atomic E-state index is 12.4. The molecule has 1 aliphatic rings. The highest BCUT2D eigenvalue weighted by atomic mass is 16.5. The molecule has 150 valence electrons. The summed E-state index contributed by atoms with van der Waals surface area (Å²) in [4.78, 5) is 14.8. The third kappa shape index (κ3) is 5.97. The van der Waals surface area contributed by atoms with Crippen LogP contribution in [0.3, 0.4) is 0 Å². The predicted molar refractivity (Wildman–Crippen MR) is 107 cm³/mol. The topological polar surface area (TPSA) is 60.0 Å². The van der Waals surface area contributed by atoms with Crippen LogP contribution < -0.4 is 14.8 Å². The minimum Gasteiger partial charge on any atom is -0.497 e. The maximum Gasteiger partial charge on any atom is 0.261 e. The van der Waals surface area contributed by atoms with Crippen molar-refractivity contribution in [2.75, 3.05) is 33.4 Å². The van der Waals surface area contributed by atoms with Gasteiger partial charge in [0.25, 0.3) is 5.91 Å². The summed E-state index contributed by atoms with van der Waals surface area (Å²) in [6.45, 7) is 6.62. The van der Waals surface area contributed by atoms with E-state index in [0.29, 0.717) is 18.0 Å². The Labute approximate surface area is 166 Å². The Hall–Kier alpha value is -2.57. The van der Waals surface area contributed by atoms with Gasteiger partial charge in [-0.05, 0) is 30.2 Å². The third-order valence-corrected chi connectivity index (χ3v) is 4.69. The van der Waals surface area contributed by atoms with E-state index in [2.05, 4.69) is 22.3 Å². The van der Waals surface area contributed by atoms with Crippen LogP contribution in [0.25, 0.3) is 0 Å². The van der Waals surface area contributed by atoms with E-state index < -0.39 is 6.10 Å². The van der Waals surface area contributed by atoms with Gasteiger partial charge in [-0.15, -0.1) is 0 Å². The van der Waals surface area contributed by atoms with E-state index in [4.69, 9.17) is 14.2 Å². The number of ether oxygens (including phenoxy) is 3. The van der Waals surface area contributed by atoms with Gasteiger partial charge in [-0.2, -0.15) is 0 Å². The number of nitrogens with zero attached hydrogens (tertiary/aromatic N) is 1. The number of methoxy groups -OCH3 is 1. The van der Waals surface area contributed by atoms with Gasteiger partial charge in [0.2, 0.25) is 0 Å². The van der Waals surface area contributed by atoms with Crippen LogP contribution >= 0.6 is 0 Å². The largest absolute Gasteiger partial charge is 0.497 e. The molecule has 3 rings (SSSR count). The fourth-order valence-electron chi connectivity index (χ4n) is 3.12. The second kappa shape index (κ2) is 10.1. The first-order valence-electron chi connectivity index (χ1n) is 9.60. The predicted octanol–water partition coefficient (Wildman–Crippen LogP) is 2.61. The maximum absolute atomic E-state index is 12.4. The monoisotopic (exact) mass is 384 g/mol. The zero-order chi connectivity index (χ0) is 19.8. The molecule has 1 amide bonds. The SMILES string of the molecule is COc1cccc(O[C@H](C)C(=O)NCc2cccc(CN3CCOCC3)c2)c1. The fraction of sp³-hybridized carbons (Fsp3) is 0.409. The summed E-state index contributed by atoms with van der Waals surface area (Å²) in [6, 6.07) is 15.6. The van der Waals surface area contributed by atoms with Crippen molar-refractivity contribution in [1.29, 1.82) is 0 Å². The summed E-state index contributed by atoms with van der Waals surface area (Å²) in [7, 11) is 1.60. The van der Waals surface area contributed by atoms with Gasteiger partial charge in [-0.25, -0.2) is 0 Å². The van der Waals surface area contributed by atoms with Crippen LogP contribution in [0.2, 0.25) is 0 Å². The van der Waals surface area contributed by atoms with Gasteiger partial charge in [0.15, 0.2) is 6.10 Å². The van der Waals surface area contributed by atoms with Crippen LogP contribution in [0, 0.1) is 0 Å². The van der Waals surface area contributed by atoms with Gasteiger partial charge in [-0.1, -0.05) is 30.3 Å². The minimum absolute atomic E-state index is 0.151. The zero-order valence-corrected chi connectivity index (χ0v) is 16.5. The highest BCUT2D eigenvalue weighted by Crippen LogP contribution is 2.20. The van der Waals surface area contributed by atoms with E-state index in [1.807, 2.05) is 24.3 Å². The third-order valence-electron chi connectivity index (χ3n) is 4.69. The summed E-state index contributed by atoms with van der Waals surface area (Å²) < 4.78 is 16.3. The molecule has 0 aromatic heterocycles. The van der Waals surface area contributed by atoms with Gasteiger partial charge in [0, 0.05) is 32.2 Å². The van der Waals surface area contributed by atoms with E-state index in [-0.39, 0.29) is 5.91 Å². The molecule has 0 radical (unpaired) electrons. The molecule has 6 heteroatoms. The summed E-state index contributed by atoms with van der Waals surface area (Å²) in [5, 5.41) is 2.95. The fourth-order valence-corrected chi connectivity index (χ4v) is 3.12. The molecule has 1 fully saturated rings. The van der Waals surface area contributed by atoms with Crippen molar-refractivity contribution in [2.45, 2.75) is 26.1 Å². The molecule has 0 saturated carbocycles. The molecule has 6 nitrogen and oxygen atoms in total. The molecule has 1 heterocycles. The lowest BCUT2D eigenvalue weighted by Gasteiger charge is -2.26. The number of morpholine rings is 1. The van der Waals surface area contributed by atoms with Crippen molar-refractivity contribution in [1.82, 2.24) is 10.2 Å². The second-order valence-electron chi connectivity index (χ2n) is 6.87. The first kappa shape index (κ1) is 20.2. The Kier molecular flexibility index (Phi) is 7.28. The summed E-state index contributed by atoms with van der Waals surface area (Å²) in [6.07, 6.45) is -0.594.